The van der Waals surface area contributed by atoms with Gasteiger partial charge in [0.05, 0.1) is 12.3 Å². The predicted molar refractivity (Wildman–Crippen MR) is 108 cm³/mol. The highest BCUT2D eigenvalue weighted by Gasteiger charge is 2.16. The summed E-state index contributed by atoms with van der Waals surface area (Å²) in [6, 6.07) is 14.0. The third-order valence-corrected chi connectivity index (χ3v) is 6.47. The molecule has 8 heteroatoms. The Bertz CT molecular complexity index is 1010. The van der Waals surface area contributed by atoms with Crippen molar-refractivity contribution in [1.29, 1.82) is 0 Å². The van der Waals surface area contributed by atoms with Gasteiger partial charge in [-0.05, 0) is 43.2 Å². The molecule has 0 radical (unpaired) electrons. The van der Waals surface area contributed by atoms with Gasteiger partial charge in [-0.15, -0.1) is 21.5 Å². The molecule has 3 aromatic rings. The molecule has 0 amide bonds. The lowest BCUT2D eigenvalue weighted by Crippen LogP contribution is -2.11. The maximum atomic E-state index is 12.5. The monoisotopic (exact) mass is 403 g/mol. The zero-order chi connectivity index (χ0) is 19.4. The minimum Gasteiger partial charge on any atom is -0.476 e. The number of hydrogen-bond acceptors (Lipinski definition) is 6. The molecule has 1 aromatic carbocycles. The number of aryl methyl sites for hydroxylation is 1. The molecule has 27 heavy (non-hydrogen) atoms. The molecule has 2 aromatic heterocycles. The van der Waals surface area contributed by atoms with E-state index < -0.39 is 10.0 Å². The average Bonchev–Trinajstić information content (AvgIpc) is 3.08. The summed E-state index contributed by atoms with van der Waals surface area (Å²) < 4.78 is 33.4. The maximum absolute atomic E-state index is 12.5. The molecule has 0 aliphatic carbocycles. The molecule has 6 nitrogen and oxygen atoms in total. The van der Waals surface area contributed by atoms with Crippen molar-refractivity contribution in [3.05, 3.63) is 53.4 Å². The Morgan fingerprint density at radius 2 is 1.93 bits per heavy atom. The van der Waals surface area contributed by atoms with Crippen molar-refractivity contribution in [3.63, 3.8) is 0 Å². The lowest BCUT2D eigenvalue weighted by Gasteiger charge is -2.09. The number of sulfonamides is 1. The van der Waals surface area contributed by atoms with E-state index in [0.29, 0.717) is 29.8 Å². The third kappa shape index (κ3) is 5.05. The molecule has 0 aliphatic rings. The van der Waals surface area contributed by atoms with E-state index in [9.17, 15) is 8.42 Å². The summed E-state index contributed by atoms with van der Waals surface area (Å²) in [5.74, 6) is 0.876. The lowest BCUT2D eigenvalue weighted by molar-refractivity contribution is 0.258. The standard InChI is InChI=1S/C19H21N3O3S2/c1-13(2)12-25-18-9-8-17(20-21-18)15-5-4-6-16(11-15)22-27(23,24)19-10-7-14(3)26-19/h4-11,13,22H,12H2,1-3H3. The van der Waals surface area contributed by atoms with E-state index in [-0.39, 0.29) is 4.21 Å². The van der Waals surface area contributed by atoms with E-state index in [1.807, 2.05) is 13.0 Å². The number of rotatable bonds is 7. The SMILES string of the molecule is Cc1ccc(S(=O)(=O)Nc2cccc(-c3ccc(OCC(C)C)nn3)c2)s1. The number of anilines is 1. The minimum atomic E-state index is -3.60. The lowest BCUT2D eigenvalue weighted by atomic mass is 10.1. The van der Waals surface area contributed by atoms with Gasteiger partial charge >= 0.3 is 0 Å². The molecule has 0 atom stereocenters. The topological polar surface area (TPSA) is 81.2 Å². The van der Waals surface area contributed by atoms with Crippen LogP contribution in [0.5, 0.6) is 5.88 Å². The van der Waals surface area contributed by atoms with Crippen LogP contribution in [0.15, 0.2) is 52.7 Å². The molecule has 0 unspecified atom stereocenters. The van der Waals surface area contributed by atoms with Gasteiger partial charge in [0.15, 0.2) is 0 Å². The summed E-state index contributed by atoms with van der Waals surface area (Å²) in [6.07, 6.45) is 0. The number of nitrogens with one attached hydrogen (secondary N) is 1. The molecular formula is C19H21N3O3S2. The van der Waals surface area contributed by atoms with Crippen molar-refractivity contribution < 1.29 is 13.2 Å². The molecule has 0 bridgehead atoms. The summed E-state index contributed by atoms with van der Waals surface area (Å²) in [5.41, 5.74) is 1.88. The number of benzene rings is 1. The van der Waals surface area contributed by atoms with Crippen LogP contribution in [0.1, 0.15) is 18.7 Å². The predicted octanol–water partition coefficient (Wildman–Crippen LogP) is 4.35. The second-order valence-electron chi connectivity index (χ2n) is 6.51. The van der Waals surface area contributed by atoms with Crippen LogP contribution in [0, 0.1) is 12.8 Å². The van der Waals surface area contributed by atoms with Gasteiger partial charge in [0.2, 0.25) is 5.88 Å². The molecule has 0 saturated carbocycles. The Balaban J connectivity index is 1.77. The van der Waals surface area contributed by atoms with E-state index in [4.69, 9.17) is 4.74 Å². The molecule has 1 N–H and O–H groups in total. The van der Waals surface area contributed by atoms with Crippen LogP contribution < -0.4 is 9.46 Å². The van der Waals surface area contributed by atoms with Crippen LogP contribution in [-0.4, -0.2) is 25.2 Å². The highest BCUT2D eigenvalue weighted by atomic mass is 32.2. The first-order chi connectivity index (χ1) is 12.8. The van der Waals surface area contributed by atoms with Crippen LogP contribution in [-0.2, 0) is 10.0 Å². The highest BCUT2D eigenvalue weighted by molar-refractivity contribution is 7.94. The molecule has 0 aliphatic heterocycles. The van der Waals surface area contributed by atoms with Crippen LogP contribution in [0.3, 0.4) is 0 Å². The Labute approximate surface area is 163 Å². The van der Waals surface area contributed by atoms with Gasteiger partial charge in [-0.1, -0.05) is 26.0 Å². The van der Waals surface area contributed by atoms with Gasteiger partial charge in [0.25, 0.3) is 10.0 Å². The van der Waals surface area contributed by atoms with Crippen LogP contribution in [0.25, 0.3) is 11.3 Å². The Morgan fingerprint density at radius 3 is 2.56 bits per heavy atom. The number of aromatic nitrogens is 2. The first kappa shape index (κ1) is 19.3. The van der Waals surface area contributed by atoms with Crippen molar-refractivity contribution in [2.24, 2.45) is 5.92 Å². The van der Waals surface area contributed by atoms with Gasteiger partial charge in [-0.25, -0.2) is 8.42 Å². The van der Waals surface area contributed by atoms with Gasteiger partial charge < -0.3 is 4.74 Å². The number of hydrogen-bond donors (Lipinski definition) is 1. The van der Waals surface area contributed by atoms with Gasteiger partial charge in [-0.2, -0.15) is 0 Å². The van der Waals surface area contributed by atoms with Crippen molar-refractivity contribution in [2.45, 2.75) is 25.0 Å². The molecule has 3 rings (SSSR count). The normalized spacial score (nSPS) is 11.6. The Morgan fingerprint density at radius 1 is 1.11 bits per heavy atom. The smallest absolute Gasteiger partial charge is 0.271 e. The van der Waals surface area contributed by atoms with Gasteiger partial charge in [0, 0.05) is 22.2 Å². The highest BCUT2D eigenvalue weighted by Crippen LogP contribution is 2.26. The molecular weight excluding hydrogens is 382 g/mol. The summed E-state index contributed by atoms with van der Waals surface area (Å²) in [7, 11) is -3.60. The summed E-state index contributed by atoms with van der Waals surface area (Å²) in [5, 5.41) is 8.25. The van der Waals surface area contributed by atoms with Crippen molar-refractivity contribution in [2.75, 3.05) is 11.3 Å². The molecule has 0 spiro atoms. The summed E-state index contributed by atoms with van der Waals surface area (Å²) >= 11 is 1.24. The van der Waals surface area contributed by atoms with Gasteiger partial charge in [0.1, 0.15) is 4.21 Å². The zero-order valence-corrected chi connectivity index (χ0v) is 17.0. The fourth-order valence-electron chi connectivity index (χ4n) is 2.31. The van der Waals surface area contributed by atoms with Crippen molar-refractivity contribution in [3.8, 4) is 17.1 Å². The molecule has 142 valence electrons. The van der Waals surface area contributed by atoms with Gasteiger partial charge in [-0.3, -0.25) is 4.72 Å². The number of thiophene rings is 1. The van der Waals surface area contributed by atoms with E-state index in [0.717, 1.165) is 10.4 Å². The first-order valence-corrected chi connectivity index (χ1v) is 10.8. The summed E-state index contributed by atoms with van der Waals surface area (Å²) in [4.78, 5) is 0.944. The summed E-state index contributed by atoms with van der Waals surface area (Å²) in [6.45, 7) is 6.57. The van der Waals surface area contributed by atoms with E-state index in [1.165, 1.54) is 11.3 Å². The second-order valence-corrected chi connectivity index (χ2v) is 9.71. The molecule has 2 heterocycles. The van der Waals surface area contributed by atoms with Crippen molar-refractivity contribution in [1.82, 2.24) is 10.2 Å². The Kier molecular flexibility index (Phi) is 5.76. The van der Waals surface area contributed by atoms with Crippen LogP contribution >= 0.6 is 11.3 Å². The minimum absolute atomic E-state index is 0.289. The number of ether oxygens (including phenoxy) is 1. The fourth-order valence-corrected chi connectivity index (χ4v) is 4.64. The largest absolute Gasteiger partial charge is 0.476 e. The van der Waals surface area contributed by atoms with Crippen molar-refractivity contribution >= 4 is 27.0 Å². The quantitative estimate of drug-likeness (QED) is 0.634. The third-order valence-electron chi connectivity index (χ3n) is 3.60. The number of nitrogens with zero attached hydrogens (tertiary/aromatic N) is 2. The second kappa shape index (κ2) is 8.06. The Hall–Kier alpha value is -2.45. The van der Waals surface area contributed by atoms with Crippen LogP contribution in [0.2, 0.25) is 0 Å². The van der Waals surface area contributed by atoms with Crippen LogP contribution in [0.4, 0.5) is 5.69 Å². The molecule has 0 fully saturated rings. The average molecular weight is 404 g/mol. The first-order valence-electron chi connectivity index (χ1n) is 8.50. The zero-order valence-electron chi connectivity index (χ0n) is 15.3. The van der Waals surface area contributed by atoms with E-state index >= 15 is 0 Å². The maximum Gasteiger partial charge on any atom is 0.271 e. The van der Waals surface area contributed by atoms with E-state index in [2.05, 4.69) is 28.8 Å². The van der Waals surface area contributed by atoms with E-state index in [1.54, 1.807) is 42.5 Å². The molecule has 0 saturated heterocycles. The fraction of sp³-hybridized carbons (Fsp3) is 0.263.